The van der Waals surface area contributed by atoms with E-state index in [9.17, 15) is 0 Å². The van der Waals surface area contributed by atoms with Gasteiger partial charge in [0, 0.05) is 16.7 Å². The molecule has 0 amide bonds. The van der Waals surface area contributed by atoms with Crippen LogP contribution in [0, 0.1) is 0 Å². The molecule has 1 atom stereocenters. The van der Waals surface area contributed by atoms with Gasteiger partial charge < -0.3 is 0 Å². The summed E-state index contributed by atoms with van der Waals surface area (Å²) in [5.74, 6) is 1.92. The van der Waals surface area contributed by atoms with Crippen molar-refractivity contribution in [1.82, 2.24) is 15.0 Å². The molecule has 1 spiro atoms. The molecular weight excluding hydrogens is 835 g/mol. The van der Waals surface area contributed by atoms with Crippen LogP contribution in [0.1, 0.15) is 53.6 Å². The summed E-state index contributed by atoms with van der Waals surface area (Å²) in [7, 11) is 0. The molecule has 326 valence electrons. The number of rotatable bonds is 7. The fourth-order valence-corrected chi connectivity index (χ4v) is 11.7. The molecule has 1 heterocycles. The monoisotopic (exact) mass is 881 g/mol. The van der Waals surface area contributed by atoms with Crippen molar-refractivity contribution in [2.45, 2.75) is 32.1 Å². The smallest absolute Gasteiger partial charge is 0.164 e. The van der Waals surface area contributed by atoms with Gasteiger partial charge in [-0.05, 0) is 132 Å². The Morgan fingerprint density at radius 3 is 1.59 bits per heavy atom. The van der Waals surface area contributed by atoms with E-state index in [1.54, 1.807) is 0 Å². The first-order valence-electron chi connectivity index (χ1n) is 24.2. The first-order chi connectivity index (χ1) is 34.1. The molecule has 0 radical (unpaired) electrons. The summed E-state index contributed by atoms with van der Waals surface area (Å²) in [6.07, 6.45) is 6.70. The summed E-state index contributed by atoms with van der Waals surface area (Å²) < 4.78 is 0. The molecule has 69 heavy (non-hydrogen) atoms. The fraction of sp³-hybridized carbons (Fsp3) is 0.0758. The lowest BCUT2D eigenvalue weighted by molar-refractivity contribution is 0.789. The van der Waals surface area contributed by atoms with Crippen molar-refractivity contribution in [2.75, 3.05) is 0 Å². The highest BCUT2D eigenvalue weighted by molar-refractivity contribution is 6.03. The fourth-order valence-electron chi connectivity index (χ4n) is 11.7. The van der Waals surface area contributed by atoms with Crippen molar-refractivity contribution in [3.8, 4) is 89.8 Å². The summed E-state index contributed by atoms with van der Waals surface area (Å²) in [6, 6.07) is 77.1. The van der Waals surface area contributed by atoms with Gasteiger partial charge >= 0.3 is 0 Å². The number of allylic oxidation sites excluding steroid dienone is 4. The Kier molecular flexibility index (Phi) is 9.66. The Morgan fingerprint density at radius 1 is 0.391 bits per heavy atom. The zero-order chi connectivity index (χ0) is 46.1. The highest BCUT2D eigenvalue weighted by Crippen LogP contribution is 2.65. The van der Waals surface area contributed by atoms with E-state index in [0.717, 1.165) is 40.7 Å². The average molecular weight is 882 g/mol. The third-order valence-electron chi connectivity index (χ3n) is 14.6. The minimum absolute atomic E-state index is 0.388. The Bertz CT molecular complexity index is 3750. The second-order valence-corrected chi connectivity index (χ2v) is 18.4. The Balaban J connectivity index is 0.893. The lowest BCUT2D eigenvalue weighted by Gasteiger charge is -2.31. The van der Waals surface area contributed by atoms with Crippen LogP contribution in [0.3, 0.4) is 0 Å². The predicted molar refractivity (Wildman–Crippen MR) is 284 cm³/mol. The summed E-state index contributed by atoms with van der Waals surface area (Å²) in [5, 5.41) is 0. The molecule has 13 rings (SSSR count). The number of hydrogen-bond acceptors (Lipinski definition) is 3. The average Bonchev–Trinajstić information content (AvgIpc) is 4.05. The maximum atomic E-state index is 5.20. The molecule has 0 saturated heterocycles. The summed E-state index contributed by atoms with van der Waals surface area (Å²) in [4.78, 5) is 15.4. The van der Waals surface area contributed by atoms with E-state index < -0.39 is 0 Å². The van der Waals surface area contributed by atoms with Crippen LogP contribution in [0.2, 0.25) is 0 Å². The SMILES string of the molecule is C/C=C1\C(=C/CC)C2(c3ccccc31)c1ccccc1-c1c(-c3cccc(-c4cccc(-c5nc(-c6ccccc6)nc(-c6ccc(-c7cccc8c7-c7ccccc7C8)cc6)n5)c4)c3)cccc12. The molecule has 3 aliphatic carbocycles. The quantitative estimate of drug-likeness (QED) is 0.160. The largest absolute Gasteiger partial charge is 0.208 e. The van der Waals surface area contributed by atoms with Gasteiger partial charge in [-0.1, -0.05) is 219 Å². The van der Waals surface area contributed by atoms with Crippen molar-refractivity contribution in [2.24, 2.45) is 0 Å². The van der Waals surface area contributed by atoms with E-state index in [0.29, 0.717) is 17.5 Å². The van der Waals surface area contributed by atoms with Gasteiger partial charge in [0.15, 0.2) is 17.5 Å². The second-order valence-electron chi connectivity index (χ2n) is 18.4. The molecule has 3 nitrogen and oxygen atoms in total. The molecule has 1 unspecified atom stereocenters. The van der Waals surface area contributed by atoms with Crippen LogP contribution < -0.4 is 0 Å². The normalized spacial score (nSPS) is 16.1. The van der Waals surface area contributed by atoms with E-state index in [1.165, 1.54) is 89.0 Å². The second kappa shape index (κ2) is 16.4. The first kappa shape index (κ1) is 40.7. The summed E-state index contributed by atoms with van der Waals surface area (Å²) >= 11 is 0. The van der Waals surface area contributed by atoms with Crippen molar-refractivity contribution >= 4 is 5.57 Å². The van der Waals surface area contributed by atoms with Crippen molar-refractivity contribution in [3.63, 3.8) is 0 Å². The lowest BCUT2D eigenvalue weighted by atomic mass is 9.70. The number of fused-ring (bicyclic) bond motifs is 10. The van der Waals surface area contributed by atoms with Gasteiger partial charge in [-0.2, -0.15) is 0 Å². The first-order valence-corrected chi connectivity index (χ1v) is 24.2. The van der Waals surface area contributed by atoms with E-state index in [-0.39, 0.29) is 5.41 Å². The number of aromatic nitrogens is 3. The standard InChI is InChI=1S/C66H47N3/c1-3-18-57-51(4-2)55-28-10-12-32-58(55)66(57)59-33-13-11-29-56(59)62-54(31-17-34-60(62)66)48-24-14-22-45(39-48)46-23-15-26-50(40-46)65-68-63(43-19-6-5-7-20-43)67-64(69-65)44-37-35-42(36-38-44)52-30-16-25-49-41-47-21-8-9-27-53(47)61(49)52/h4-40H,3,41H2,1-2H3/b51-4-,57-18+. The molecule has 0 N–H and O–H groups in total. The highest BCUT2D eigenvalue weighted by Gasteiger charge is 2.53. The molecule has 0 aliphatic heterocycles. The molecule has 3 aliphatic rings. The molecule has 1 aromatic heterocycles. The van der Waals surface area contributed by atoms with Crippen LogP contribution >= 0.6 is 0 Å². The van der Waals surface area contributed by atoms with Crippen molar-refractivity contribution in [1.29, 1.82) is 0 Å². The van der Waals surface area contributed by atoms with Crippen LogP contribution in [0.25, 0.3) is 95.4 Å². The minimum Gasteiger partial charge on any atom is -0.208 e. The van der Waals surface area contributed by atoms with Crippen molar-refractivity contribution < 1.29 is 0 Å². The van der Waals surface area contributed by atoms with E-state index in [4.69, 9.17) is 15.0 Å². The number of nitrogens with zero attached hydrogens (tertiary/aromatic N) is 3. The van der Waals surface area contributed by atoms with Gasteiger partial charge in [0.1, 0.15) is 0 Å². The molecule has 0 saturated carbocycles. The summed E-state index contributed by atoms with van der Waals surface area (Å²) in [5.41, 5.74) is 25.6. The molecule has 0 bridgehead atoms. The Hall–Kier alpha value is -8.53. The van der Waals surface area contributed by atoms with Gasteiger partial charge in [-0.25, -0.2) is 15.0 Å². The van der Waals surface area contributed by atoms with Crippen molar-refractivity contribution in [3.05, 3.63) is 263 Å². The lowest BCUT2D eigenvalue weighted by Crippen LogP contribution is -2.26. The maximum Gasteiger partial charge on any atom is 0.164 e. The highest BCUT2D eigenvalue weighted by atomic mass is 15.0. The minimum atomic E-state index is -0.388. The van der Waals surface area contributed by atoms with E-state index >= 15 is 0 Å². The van der Waals surface area contributed by atoms with Gasteiger partial charge in [0.05, 0.1) is 5.41 Å². The third kappa shape index (κ3) is 6.38. The molecular formula is C66H47N3. The maximum absolute atomic E-state index is 5.20. The van der Waals surface area contributed by atoms with Gasteiger partial charge in [0.2, 0.25) is 0 Å². The van der Waals surface area contributed by atoms with Gasteiger partial charge in [0.25, 0.3) is 0 Å². The van der Waals surface area contributed by atoms with Crippen LogP contribution in [0.4, 0.5) is 0 Å². The predicted octanol–water partition coefficient (Wildman–Crippen LogP) is 16.5. The van der Waals surface area contributed by atoms with Crippen LogP contribution in [-0.2, 0) is 11.8 Å². The van der Waals surface area contributed by atoms with Crippen LogP contribution in [0.5, 0.6) is 0 Å². The molecule has 9 aromatic carbocycles. The topological polar surface area (TPSA) is 38.7 Å². The zero-order valence-corrected chi connectivity index (χ0v) is 38.6. The zero-order valence-electron chi connectivity index (χ0n) is 38.6. The number of hydrogen-bond donors (Lipinski definition) is 0. The third-order valence-corrected chi connectivity index (χ3v) is 14.6. The number of benzene rings is 9. The molecule has 0 fully saturated rings. The Morgan fingerprint density at radius 2 is 0.870 bits per heavy atom. The summed E-state index contributed by atoms with van der Waals surface area (Å²) in [6.45, 7) is 4.44. The van der Waals surface area contributed by atoms with E-state index in [2.05, 4.69) is 220 Å². The molecule has 3 heteroatoms. The Labute approximate surface area is 403 Å². The van der Waals surface area contributed by atoms with Gasteiger partial charge in [-0.3, -0.25) is 0 Å². The molecule has 10 aromatic rings. The van der Waals surface area contributed by atoms with Crippen LogP contribution in [0.15, 0.2) is 230 Å². The van der Waals surface area contributed by atoms with Gasteiger partial charge in [-0.15, -0.1) is 0 Å². The van der Waals surface area contributed by atoms with Crippen LogP contribution in [-0.4, -0.2) is 15.0 Å². The van der Waals surface area contributed by atoms with E-state index in [1.807, 2.05) is 18.2 Å².